The largest absolute Gasteiger partial charge is 0.433 e. The first-order valence-electron chi connectivity index (χ1n) is 5.86. The van der Waals surface area contributed by atoms with E-state index in [9.17, 15) is 13.2 Å². The van der Waals surface area contributed by atoms with Crippen LogP contribution in [0.2, 0.25) is 5.28 Å². The lowest BCUT2D eigenvalue weighted by Gasteiger charge is -2.21. The molecule has 1 N–H and O–H groups in total. The summed E-state index contributed by atoms with van der Waals surface area (Å²) in [5, 5.41) is 2.44. The molecule has 0 radical (unpaired) electrons. The molecule has 19 heavy (non-hydrogen) atoms. The Bertz CT molecular complexity index is 449. The first-order chi connectivity index (χ1) is 8.86. The Morgan fingerprint density at radius 1 is 1.47 bits per heavy atom. The molecule has 2 unspecified atom stereocenters. The molecule has 1 saturated heterocycles. The molecule has 106 valence electrons. The van der Waals surface area contributed by atoms with Gasteiger partial charge in [-0.25, -0.2) is 9.97 Å². The molecule has 0 saturated carbocycles. The quantitative estimate of drug-likeness (QED) is 0.870. The van der Waals surface area contributed by atoms with Gasteiger partial charge in [-0.3, -0.25) is 0 Å². The third-order valence-electron chi connectivity index (χ3n) is 2.89. The Hall–Kier alpha value is -1.08. The van der Waals surface area contributed by atoms with Crippen LogP contribution < -0.4 is 5.32 Å². The summed E-state index contributed by atoms with van der Waals surface area (Å²) < 4.78 is 43.2. The number of nitrogens with one attached hydrogen (secondary N) is 1. The van der Waals surface area contributed by atoms with Crippen LogP contribution in [-0.4, -0.2) is 28.7 Å². The average molecular weight is 296 g/mol. The highest BCUT2D eigenvalue weighted by molar-refractivity contribution is 6.28. The molecule has 1 aliphatic rings. The first-order valence-corrected chi connectivity index (χ1v) is 6.24. The summed E-state index contributed by atoms with van der Waals surface area (Å²) in [5.74, 6) is 0.0512. The normalized spacial score (nSPS) is 21.4. The van der Waals surface area contributed by atoms with Crippen molar-refractivity contribution in [2.45, 2.75) is 38.1 Å². The molecule has 8 heteroatoms. The summed E-state index contributed by atoms with van der Waals surface area (Å²) in [5.41, 5.74) is -1.06. The highest BCUT2D eigenvalue weighted by Crippen LogP contribution is 2.30. The summed E-state index contributed by atoms with van der Waals surface area (Å²) >= 11 is 5.51. The number of nitrogens with zero attached hydrogens (tertiary/aromatic N) is 2. The molecule has 0 spiro atoms. The third-order valence-corrected chi connectivity index (χ3v) is 3.06. The zero-order chi connectivity index (χ0) is 14.0. The molecule has 2 atom stereocenters. The van der Waals surface area contributed by atoms with Gasteiger partial charge in [-0.15, -0.1) is 0 Å². The highest BCUT2D eigenvalue weighted by atomic mass is 35.5. The zero-order valence-corrected chi connectivity index (χ0v) is 10.9. The number of alkyl halides is 3. The van der Waals surface area contributed by atoms with E-state index in [4.69, 9.17) is 16.3 Å². The highest BCUT2D eigenvalue weighted by Gasteiger charge is 2.34. The first kappa shape index (κ1) is 14.3. The van der Waals surface area contributed by atoms with E-state index in [1.807, 2.05) is 6.92 Å². The van der Waals surface area contributed by atoms with Crippen molar-refractivity contribution in [3.63, 3.8) is 0 Å². The SMILES string of the molecule is CC(Nc1cc(C(F)(F)F)nc(Cl)n1)C1CCCO1. The van der Waals surface area contributed by atoms with Gasteiger partial charge in [0, 0.05) is 12.7 Å². The summed E-state index contributed by atoms with van der Waals surface area (Å²) in [7, 11) is 0. The molecular formula is C11H13ClF3N3O. The number of hydrogen-bond donors (Lipinski definition) is 1. The van der Waals surface area contributed by atoms with Crippen LogP contribution in [0.15, 0.2) is 6.07 Å². The number of aromatic nitrogens is 2. The number of anilines is 1. The minimum absolute atomic E-state index is 0.0249. The molecule has 1 aliphatic heterocycles. The van der Waals surface area contributed by atoms with E-state index in [-0.39, 0.29) is 18.0 Å². The Morgan fingerprint density at radius 2 is 2.21 bits per heavy atom. The minimum atomic E-state index is -4.55. The molecule has 2 rings (SSSR count). The lowest BCUT2D eigenvalue weighted by molar-refractivity contribution is -0.141. The fourth-order valence-corrected chi connectivity index (χ4v) is 2.14. The van der Waals surface area contributed by atoms with Crippen LogP contribution in [-0.2, 0) is 10.9 Å². The lowest BCUT2D eigenvalue weighted by Crippen LogP contribution is -2.30. The maximum Gasteiger partial charge on any atom is 0.433 e. The predicted octanol–water partition coefficient (Wildman–Crippen LogP) is 3.13. The van der Waals surface area contributed by atoms with Gasteiger partial charge in [0.2, 0.25) is 5.28 Å². The van der Waals surface area contributed by atoms with Gasteiger partial charge in [-0.05, 0) is 31.4 Å². The summed E-state index contributed by atoms with van der Waals surface area (Å²) in [6.07, 6.45) is -2.74. The van der Waals surface area contributed by atoms with Gasteiger partial charge >= 0.3 is 6.18 Å². The summed E-state index contributed by atoms with van der Waals surface area (Å²) in [4.78, 5) is 6.91. The third kappa shape index (κ3) is 3.70. The standard InChI is InChI=1S/C11H13ClF3N3O/c1-6(7-3-2-4-19-7)16-9-5-8(11(13,14)15)17-10(12)18-9/h5-7H,2-4H2,1H3,(H,16,17,18). The molecule has 4 nitrogen and oxygen atoms in total. The van der Waals surface area contributed by atoms with Gasteiger partial charge in [0.05, 0.1) is 12.1 Å². The maximum atomic E-state index is 12.6. The van der Waals surface area contributed by atoms with Crippen LogP contribution in [0, 0.1) is 0 Å². The lowest BCUT2D eigenvalue weighted by atomic mass is 10.1. The molecule has 2 heterocycles. The van der Waals surface area contributed by atoms with Gasteiger partial charge in [-0.1, -0.05) is 0 Å². The Balaban J connectivity index is 2.13. The van der Waals surface area contributed by atoms with Crippen LogP contribution in [0.25, 0.3) is 0 Å². The zero-order valence-electron chi connectivity index (χ0n) is 10.2. The van der Waals surface area contributed by atoms with Crippen molar-refractivity contribution in [3.8, 4) is 0 Å². The van der Waals surface area contributed by atoms with E-state index < -0.39 is 17.2 Å². The molecule has 1 aromatic rings. The predicted molar refractivity (Wildman–Crippen MR) is 64.1 cm³/mol. The Morgan fingerprint density at radius 3 is 2.79 bits per heavy atom. The van der Waals surface area contributed by atoms with Gasteiger partial charge in [0.25, 0.3) is 0 Å². The van der Waals surface area contributed by atoms with Crippen molar-refractivity contribution in [3.05, 3.63) is 17.0 Å². The van der Waals surface area contributed by atoms with Crippen molar-refractivity contribution in [2.75, 3.05) is 11.9 Å². The molecule has 0 amide bonds. The van der Waals surface area contributed by atoms with Gasteiger partial charge < -0.3 is 10.1 Å². The number of halogens is 4. The smallest absolute Gasteiger partial charge is 0.376 e. The second-order valence-electron chi connectivity index (χ2n) is 4.39. The molecule has 0 bridgehead atoms. The van der Waals surface area contributed by atoms with E-state index >= 15 is 0 Å². The van der Waals surface area contributed by atoms with Crippen molar-refractivity contribution in [2.24, 2.45) is 0 Å². The maximum absolute atomic E-state index is 12.6. The van der Waals surface area contributed by atoms with E-state index in [0.717, 1.165) is 18.9 Å². The summed E-state index contributed by atoms with van der Waals surface area (Å²) in [6, 6.07) is 0.701. The molecular weight excluding hydrogens is 283 g/mol. The fourth-order valence-electron chi connectivity index (χ4n) is 1.96. The van der Waals surface area contributed by atoms with E-state index in [1.165, 1.54) is 0 Å². The number of ether oxygens (including phenoxy) is 1. The minimum Gasteiger partial charge on any atom is -0.376 e. The monoisotopic (exact) mass is 295 g/mol. The second kappa shape index (κ2) is 5.50. The van der Waals surface area contributed by atoms with Crippen molar-refractivity contribution >= 4 is 17.4 Å². The number of rotatable bonds is 3. The van der Waals surface area contributed by atoms with E-state index in [0.29, 0.717) is 6.61 Å². The van der Waals surface area contributed by atoms with Crippen LogP contribution in [0.1, 0.15) is 25.5 Å². The molecule has 1 aromatic heterocycles. The van der Waals surface area contributed by atoms with E-state index in [1.54, 1.807) is 0 Å². The number of hydrogen-bond acceptors (Lipinski definition) is 4. The topological polar surface area (TPSA) is 47.0 Å². The molecule has 0 aromatic carbocycles. The van der Waals surface area contributed by atoms with Crippen molar-refractivity contribution in [1.29, 1.82) is 0 Å². The summed E-state index contributed by atoms with van der Waals surface area (Å²) in [6.45, 7) is 2.51. The average Bonchev–Trinajstić information content (AvgIpc) is 2.80. The van der Waals surface area contributed by atoms with Gasteiger partial charge in [-0.2, -0.15) is 13.2 Å². The Labute approximate surface area is 113 Å². The van der Waals surface area contributed by atoms with Crippen LogP contribution in [0.4, 0.5) is 19.0 Å². The van der Waals surface area contributed by atoms with Crippen molar-refractivity contribution in [1.82, 2.24) is 9.97 Å². The second-order valence-corrected chi connectivity index (χ2v) is 4.73. The van der Waals surface area contributed by atoms with Crippen LogP contribution in [0.5, 0.6) is 0 Å². The fraction of sp³-hybridized carbons (Fsp3) is 0.636. The van der Waals surface area contributed by atoms with Gasteiger partial charge in [0.15, 0.2) is 5.69 Å². The van der Waals surface area contributed by atoms with E-state index in [2.05, 4.69) is 15.3 Å². The Kier molecular flexibility index (Phi) is 4.15. The molecule has 1 fully saturated rings. The molecule has 0 aliphatic carbocycles. The van der Waals surface area contributed by atoms with Crippen LogP contribution in [0.3, 0.4) is 0 Å². The van der Waals surface area contributed by atoms with Crippen molar-refractivity contribution < 1.29 is 17.9 Å². The van der Waals surface area contributed by atoms with Gasteiger partial charge in [0.1, 0.15) is 5.82 Å². The van der Waals surface area contributed by atoms with Crippen LogP contribution >= 0.6 is 11.6 Å².